The number of methoxy groups -OCH3 is 1. The summed E-state index contributed by atoms with van der Waals surface area (Å²) < 4.78 is 33.3. The summed E-state index contributed by atoms with van der Waals surface area (Å²) >= 11 is 0. The van der Waals surface area contributed by atoms with Gasteiger partial charge in [-0.15, -0.1) is 0 Å². The number of anilines is 1. The Labute approximate surface area is 272 Å². The SMILES string of the molecule is COc1ccc(C2C(C3CCCCC3)c3ccc(C(=O)NS(=O)(=O)C4CC4)cc3N2CC2(C(=O)N3C[C@@H]4C[C@H]3CN4C)CC2)cc1. The Balaban J connectivity index is 1.18. The van der Waals surface area contributed by atoms with Crippen molar-refractivity contribution in [2.75, 3.05) is 38.7 Å². The normalized spacial score (nSPS) is 28.7. The maximum atomic E-state index is 14.4. The van der Waals surface area contributed by atoms with Crippen LogP contribution in [0.2, 0.25) is 0 Å². The number of amides is 2. The van der Waals surface area contributed by atoms with Gasteiger partial charge in [-0.25, -0.2) is 13.1 Å². The van der Waals surface area contributed by atoms with Gasteiger partial charge in [0, 0.05) is 48.9 Å². The number of nitrogens with zero attached hydrogens (tertiary/aromatic N) is 3. The number of piperazine rings is 1. The first kappa shape index (κ1) is 30.2. The van der Waals surface area contributed by atoms with Gasteiger partial charge in [-0.2, -0.15) is 0 Å². The van der Waals surface area contributed by atoms with Gasteiger partial charge in [0.15, 0.2) is 0 Å². The van der Waals surface area contributed by atoms with Gasteiger partial charge in [0.1, 0.15) is 5.75 Å². The van der Waals surface area contributed by atoms with Crippen molar-refractivity contribution in [3.05, 3.63) is 59.2 Å². The van der Waals surface area contributed by atoms with Crippen LogP contribution in [0.5, 0.6) is 5.75 Å². The van der Waals surface area contributed by atoms with Crippen LogP contribution in [0.25, 0.3) is 0 Å². The molecule has 0 aromatic heterocycles. The van der Waals surface area contributed by atoms with Crippen molar-refractivity contribution in [3.63, 3.8) is 0 Å². The van der Waals surface area contributed by atoms with Gasteiger partial charge in [-0.1, -0.05) is 37.5 Å². The number of rotatable bonds is 9. The number of likely N-dealkylation sites (N-methyl/N-ethyl adjacent to an activating group) is 1. The van der Waals surface area contributed by atoms with E-state index in [0.29, 0.717) is 43.0 Å². The van der Waals surface area contributed by atoms with E-state index in [2.05, 4.69) is 44.7 Å². The Kier molecular flexibility index (Phi) is 7.40. The van der Waals surface area contributed by atoms with Crippen LogP contribution in [-0.4, -0.2) is 81.2 Å². The van der Waals surface area contributed by atoms with Crippen LogP contribution < -0.4 is 14.4 Å². The Bertz CT molecular complexity index is 1630. The van der Waals surface area contributed by atoms with Crippen LogP contribution >= 0.6 is 0 Å². The number of fused-ring (bicyclic) bond motifs is 3. The van der Waals surface area contributed by atoms with Crippen molar-refractivity contribution >= 4 is 27.5 Å². The highest BCUT2D eigenvalue weighted by Gasteiger charge is 2.58. The molecule has 2 aromatic carbocycles. The van der Waals surface area contributed by atoms with Crippen LogP contribution in [-0.2, 0) is 14.8 Å². The molecule has 2 amide bonds. The predicted octanol–water partition coefficient (Wildman–Crippen LogP) is 4.84. The molecule has 4 atom stereocenters. The van der Waals surface area contributed by atoms with E-state index in [1.54, 1.807) is 13.2 Å². The van der Waals surface area contributed by atoms with Crippen molar-refractivity contribution in [2.24, 2.45) is 11.3 Å². The van der Waals surface area contributed by atoms with Gasteiger partial charge >= 0.3 is 0 Å². The van der Waals surface area contributed by atoms with Crippen molar-refractivity contribution in [1.82, 2.24) is 14.5 Å². The van der Waals surface area contributed by atoms with Crippen molar-refractivity contribution in [1.29, 1.82) is 0 Å². The molecule has 0 radical (unpaired) electrons. The molecule has 2 saturated heterocycles. The fourth-order valence-electron chi connectivity index (χ4n) is 9.09. The van der Waals surface area contributed by atoms with E-state index < -0.39 is 26.6 Å². The summed E-state index contributed by atoms with van der Waals surface area (Å²) in [6.45, 7) is 2.35. The zero-order valence-corrected chi connectivity index (χ0v) is 27.8. The molecule has 10 heteroatoms. The highest BCUT2D eigenvalue weighted by molar-refractivity contribution is 7.91. The molecule has 0 spiro atoms. The maximum absolute atomic E-state index is 14.4. The molecular weight excluding hydrogens is 600 g/mol. The van der Waals surface area contributed by atoms with Crippen LogP contribution in [0.1, 0.15) is 97.7 Å². The number of sulfonamides is 1. The smallest absolute Gasteiger partial charge is 0.264 e. The number of hydrogen-bond donors (Lipinski definition) is 1. The molecule has 3 aliphatic carbocycles. The number of nitrogens with one attached hydrogen (secondary N) is 1. The van der Waals surface area contributed by atoms with Crippen LogP contribution in [0.15, 0.2) is 42.5 Å². The van der Waals surface area contributed by atoms with Crippen molar-refractivity contribution < 1.29 is 22.7 Å². The van der Waals surface area contributed by atoms with E-state index in [4.69, 9.17) is 4.74 Å². The van der Waals surface area contributed by atoms with Gasteiger partial charge in [-0.3, -0.25) is 14.5 Å². The monoisotopic (exact) mass is 646 g/mol. The molecule has 3 heterocycles. The van der Waals surface area contributed by atoms with E-state index >= 15 is 0 Å². The Hall–Kier alpha value is -3.11. The number of likely N-dealkylation sites (tertiary alicyclic amines) is 2. The lowest BCUT2D eigenvalue weighted by Gasteiger charge is -2.39. The molecule has 46 heavy (non-hydrogen) atoms. The molecule has 2 bridgehead atoms. The summed E-state index contributed by atoms with van der Waals surface area (Å²) in [7, 11) is 0.164. The second-order valence-electron chi connectivity index (χ2n) is 14.9. The summed E-state index contributed by atoms with van der Waals surface area (Å²) in [6, 6.07) is 14.9. The summed E-state index contributed by atoms with van der Waals surface area (Å²) in [6.07, 6.45) is 9.96. The molecular formula is C36H46N4O5S. The molecule has 3 aliphatic heterocycles. The first-order valence-electron chi connectivity index (χ1n) is 17.3. The lowest BCUT2D eigenvalue weighted by Crippen LogP contribution is -2.51. The molecule has 2 unspecified atom stereocenters. The van der Waals surface area contributed by atoms with Crippen LogP contribution in [0, 0.1) is 11.3 Å². The minimum Gasteiger partial charge on any atom is -0.497 e. The minimum absolute atomic E-state index is 0.00366. The molecule has 5 fully saturated rings. The maximum Gasteiger partial charge on any atom is 0.264 e. The van der Waals surface area contributed by atoms with E-state index in [9.17, 15) is 18.0 Å². The average molecular weight is 647 g/mol. The zero-order valence-electron chi connectivity index (χ0n) is 27.0. The van der Waals surface area contributed by atoms with Crippen molar-refractivity contribution in [3.8, 4) is 5.75 Å². The van der Waals surface area contributed by atoms with Gasteiger partial charge in [0.05, 0.1) is 23.8 Å². The summed E-state index contributed by atoms with van der Waals surface area (Å²) in [5, 5.41) is -0.473. The fourth-order valence-corrected chi connectivity index (χ4v) is 10.4. The fraction of sp³-hybridized carbons (Fsp3) is 0.611. The third kappa shape index (κ3) is 5.20. The number of benzene rings is 2. The van der Waals surface area contributed by atoms with Crippen LogP contribution in [0.4, 0.5) is 5.69 Å². The first-order valence-corrected chi connectivity index (χ1v) is 18.8. The van der Waals surface area contributed by atoms with Gasteiger partial charge in [0.2, 0.25) is 15.9 Å². The molecule has 246 valence electrons. The minimum atomic E-state index is -3.68. The number of hydrogen-bond acceptors (Lipinski definition) is 7. The number of ether oxygens (including phenoxy) is 1. The van der Waals surface area contributed by atoms with Crippen LogP contribution in [0.3, 0.4) is 0 Å². The Morgan fingerprint density at radius 1 is 0.957 bits per heavy atom. The van der Waals surface area contributed by atoms with Crippen molar-refractivity contribution in [2.45, 2.75) is 93.5 Å². The lowest BCUT2D eigenvalue weighted by atomic mass is 9.73. The molecule has 1 N–H and O–H groups in total. The quantitative estimate of drug-likeness (QED) is 0.417. The first-order chi connectivity index (χ1) is 22.2. The molecule has 2 aromatic rings. The number of carbonyl (C=O) groups is 2. The predicted molar refractivity (Wildman–Crippen MR) is 176 cm³/mol. The van der Waals surface area contributed by atoms with Gasteiger partial charge in [-0.05, 0) is 93.3 Å². The Morgan fingerprint density at radius 3 is 2.30 bits per heavy atom. The molecule has 8 rings (SSSR count). The highest BCUT2D eigenvalue weighted by Crippen LogP contribution is 2.59. The summed E-state index contributed by atoms with van der Waals surface area (Å²) in [4.78, 5) is 34.7. The second-order valence-corrected chi connectivity index (χ2v) is 16.9. The van der Waals surface area contributed by atoms with Gasteiger partial charge in [0.25, 0.3) is 5.91 Å². The molecule has 3 saturated carbocycles. The Morgan fingerprint density at radius 2 is 1.70 bits per heavy atom. The third-order valence-electron chi connectivity index (χ3n) is 12.0. The highest BCUT2D eigenvalue weighted by atomic mass is 32.2. The van der Waals surface area contributed by atoms with E-state index in [1.807, 2.05) is 18.2 Å². The lowest BCUT2D eigenvalue weighted by molar-refractivity contribution is -0.139. The molecule has 9 nitrogen and oxygen atoms in total. The topological polar surface area (TPSA) is 99.3 Å². The summed E-state index contributed by atoms with van der Waals surface area (Å²) in [5.41, 5.74) is 3.26. The van der Waals surface area contributed by atoms with E-state index in [-0.39, 0.29) is 17.9 Å². The standard InChI is InChI=1S/C36H46N4O5S/c1-38-20-27-19-26(38)21-39(27)35(42)36(16-17-36)22-40-31-18-25(34(41)37-46(43,44)29-13-14-29)10-15-30(31)32(23-6-4-3-5-7-23)33(40)24-8-11-28(45-2)12-9-24/h8-12,15,18,23,26-27,29,32-33H,3-7,13-14,16-17,19-22H2,1-2H3,(H,37,41)/t26-,27-,32?,33?/m0/s1. The number of carbonyl (C=O) groups excluding carboxylic acids is 2. The second kappa shape index (κ2) is 11.3. The third-order valence-corrected chi connectivity index (χ3v) is 13.8. The van der Waals surface area contributed by atoms with E-state index in [0.717, 1.165) is 56.6 Å². The average Bonchev–Trinajstić information content (AvgIpc) is 3.98. The van der Waals surface area contributed by atoms with Gasteiger partial charge < -0.3 is 14.5 Å². The molecule has 6 aliphatic rings. The largest absolute Gasteiger partial charge is 0.497 e. The summed E-state index contributed by atoms with van der Waals surface area (Å²) in [5.74, 6) is 1.20. The zero-order chi connectivity index (χ0) is 31.8. The van der Waals surface area contributed by atoms with E-state index in [1.165, 1.54) is 30.4 Å².